The molecule has 0 radical (unpaired) electrons. The van der Waals surface area contributed by atoms with E-state index in [4.69, 9.17) is 0 Å². The van der Waals surface area contributed by atoms with E-state index in [9.17, 15) is 17.6 Å². The van der Waals surface area contributed by atoms with Crippen LogP contribution in [-0.4, -0.2) is 26.2 Å². The van der Waals surface area contributed by atoms with E-state index >= 15 is 0 Å². The molecule has 0 bridgehead atoms. The lowest BCUT2D eigenvalue weighted by atomic mass is 10.1. The van der Waals surface area contributed by atoms with Crippen LogP contribution in [0.1, 0.15) is 23.6 Å². The van der Waals surface area contributed by atoms with Crippen LogP contribution in [0, 0.1) is 12.7 Å². The van der Waals surface area contributed by atoms with Gasteiger partial charge in [0, 0.05) is 12.1 Å². The molecule has 2 N–H and O–H groups in total. The minimum atomic E-state index is -3.64. The highest BCUT2D eigenvalue weighted by Crippen LogP contribution is 2.22. The maximum Gasteiger partial charge on any atom is 0.263 e. The third-order valence-corrected chi connectivity index (χ3v) is 5.47. The van der Waals surface area contributed by atoms with Gasteiger partial charge in [0.25, 0.3) is 10.0 Å². The highest BCUT2D eigenvalue weighted by molar-refractivity contribution is 7.90. The highest BCUT2D eigenvalue weighted by atomic mass is 32.2. The topological polar surface area (TPSA) is 87.6 Å². The fraction of sp³-hybridized carbons (Fsp3) is 0.222. The number of rotatable bonds is 4. The predicted molar refractivity (Wildman–Crippen MR) is 95.7 cm³/mol. The van der Waals surface area contributed by atoms with Gasteiger partial charge in [-0.15, -0.1) is 0 Å². The summed E-state index contributed by atoms with van der Waals surface area (Å²) in [6, 6.07) is 10.4. The Morgan fingerprint density at radius 2 is 2.00 bits per heavy atom. The van der Waals surface area contributed by atoms with Crippen LogP contribution < -0.4 is 10.0 Å². The van der Waals surface area contributed by atoms with Gasteiger partial charge in [-0.2, -0.15) is 0 Å². The maximum atomic E-state index is 13.5. The van der Waals surface area contributed by atoms with Crippen molar-refractivity contribution in [3.63, 3.8) is 0 Å². The zero-order valence-corrected chi connectivity index (χ0v) is 15.1. The number of amides is 1. The molecule has 2 aromatic rings. The molecule has 0 aliphatic carbocycles. The van der Waals surface area contributed by atoms with Crippen LogP contribution in [-0.2, 0) is 21.4 Å². The summed E-state index contributed by atoms with van der Waals surface area (Å²) in [6.45, 7) is 3.39. The first-order valence-corrected chi connectivity index (χ1v) is 9.49. The molecule has 0 aromatic heterocycles. The van der Waals surface area contributed by atoms with E-state index in [1.807, 2.05) is 0 Å². The van der Waals surface area contributed by atoms with Gasteiger partial charge in [-0.1, -0.05) is 24.3 Å². The lowest BCUT2D eigenvalue weighted by Crippen LogP contribution is -2.33. The number of hydrogen-bond acceptors (Lipinski definition) is 4. The van der Waals surface area contributed by atoms with Crippen LogP contribution >= 0.6 is 0 Å². The SMILES string of the molecule is Cc1ccc(CNC(=O)[C@H](C)N=C2NS(=O)(=O)c3ccccc32)cc1F. The van der Waals surface area contributed by atoms with E-state index in [1.165, 1.54) is 12.1 Å². The van der Waals surface area contributed by atoms with Crippen molar-refractivity contribution in [2.75, 3.05) is 0 Å². The van der Waals surface area contributed by atoms with E-state index in [0.29, 0.717) is 16.7 Å². The second-order valence-electron chi connectivity index (χ2n) is 6.06. The standard InChI is InChI=1S/C18H18FN3O3S/c1-11-7-8-13(9-15(11)19)10-20-18(23)12(2)21-17-14-5-3-4-6-16(14)26(24,25)22-17/h3-9,12H,10H2,1-2H3,(H,20,23)(H,21,22)/t12-/m0/s1. The molecule has 2 aromatic carbocycles. The molecule has 136 valence electrons. The van der Waals surface area contributed by atoms with Crippen molar-refractivity contribution < 1.29 is 17.6 Å². The number of fused-ring (bicyclic) bond motifs is 1. The van der Waals surface area contributed by atoms with Gasteiger partial charge in [0.2, 0.25) is 5.91 Å². The first-order chi connectivity index (χ1) is 12.3. The maximum absolute atomic E-state index is 13.5. The molecule has 1 atom stereocenters. The minimum Gasteiger partial charge on any atom is -0.350 e. The number of nitrogens with one attached hydrogen (secondary N) is 2. The summed E-state index contributed by atoms with van der Waals surface area (Å²) in [5.74, 6) is -0.575. The predicted octanol–water partition coefficient (Wildman–Crippen LogP) is 1.88. The largest absolute Gasteiger partial charge is 0.350 e. The van der Waals surface area contributed by atoms with Crippen LogP contribution in [0.2, 0.25) is 0 Å². The second-order valence-corrected chi connectivity index (χ2v) is 7.71. The van der Waals surface area contributed by atoms with Crippen molar-refractivity contribution in [2.24, 2.45) is 4.99 Å². The zero-order chi connectivity index (χ0) is 18.9. The number of hydrogen-bond donors (Lipinski definition) is 2. The molecule has 6 nitrogen and oxygen atoms in total. The number of benzene rings is 2. The summed E-state index contributed by atoms with van der Waals surface area (Å²) in [4.78, 5) is 16.6. The van der Waals surface area contributed by atoms with Crippen LogP contribution in [0.25, 0.3) is 0 Å². The Labute approximate surface area is 151 Å². The Bertz CT molecular complexity index is 1000. The summed E-state index contributed by atoms with van der Waals surface area (Å²) in [7, 11) is -3.64. The molecular weight excluding hydrogens is 357 g/mol. The van der Waals surface area contributed by atoms with Crippen molar-refractivity contribution in [2.45, 2.75) is 31.3 Å². The summed E-state index contributed by atoms with van der Waals surface area (Å²) < 4.78 is 40.0. The van der Waals surface area contributed by atoms with Crippen LogP contribution in [0.3, 0.4) is 0 Å². The third-order valence-electron chi connectivity index (χ3n) is 4.07. The van der Waals surface area contributed by atoms with Crippen molar-refractivity contribution >= 4 is 21.8 Å². The van der Waals surface area contributed by atoms with Crippen LogP contribution in [0.15, 0.2) is 52.4 Å². The molecule has 0 spiro atoms. The lowest BCUT2D eigenvalue weighted by molar-refractivity contribution is -0.122. The number of halogens is 1. The van der Waals surface area contributed by atoms with Gasteiger partial charge in [0.05, 0.1) is 4.90 Å². The molecule has 1 heterocycles. The normalized spacial score (nSPS) is 17.4. The van der Waals surface area contributed by atoms with Gasteiger partial charge in [-0.05, 0) is 43.2 Å². The summed E-state index contributed by atoms with van der Waals surface area (Å²) in [5.41, 5.74) is 1.60. The summed E-state index contributed by atoms with van der Waals surface area (Å²) in [5, 5.41) is 2.67. The van der Waals surface area contributed by atoms with Crippen molar-refractivity contribution in [3.05, 3.63) is 65.0 Å². The van der Waals surface area contributed by atoms with Gasteiger partial charge >= 0.3 is 0 Å². The van der Waals surface area contributed by atoms with Crippen molar-refractivity contribution in [3.8, 4) is 0 Å². The number of amidine groups is 1. The van der Waals surface area contributed by atoms with Crippen molar-refractivity contribution in [1.82, 2.24) is 10.0 Å². The summed E-state index contributed by atoms with van der Waals surface area (Å²) >= 11 is 0. The number of sulfonamides is 1. The minimum absolute atomic E-state index is 0.140. The number of carbonyl (C=O) groups excluding carboxylic acids is 1. The monoisotopic (exact) mass is 375 g/mol. The van der Waals surface area contributed by atoms with E-state index in [1.54, 1.807) is 44.2 Å². The van der Waals surface area contributed by atoms with Gasteiger partial charge in [0.15, 0.2) is 0 Å². The number of nitrogens with zero attached hydrogens (tertiary/aromatic N) is 1. The van der Waals surface area contributed by atoms with E-state index in [-0.39, 0.29) is 29.0 Å². The van der Waals surface area contributed by atoms with Crippen molar-refractivity contribution in [1.29, 1.82) is 0 Å². The fourth-order valence-corrected chi connectivity index (χ4v) is 3.80. The average molecular weight is 375 g/mol. The smallest absolute Gasteiger partial charge is 0.263 e. The lowest BCUT2D eigenvalue weighted by Gasteiger charge is -2.10. The molecule has 0 saturated heterocycles. The number of carbonyl (C=O) groups is 1. The Hall–Kier alpha value is -2.74. The molecule has 1 aliphatic heterocycles. The molecule has 3 rings (SSSR count). The van der Waals surface area contributed by atoms with Crippen LogP contribution in [0.4, 0.5) is 4.39 Å². The Morgan fingerprint density at radius 3 is 2.73 bits per heavy atom. The fourth-order valence-electron chi connectivity index (χ4n) is 2.57. The molecule has 1 amide bonds. The van der Waals surface area contributed by atoms with E-state index < -0.39 is 16.1 Å². The quantitative estimate of drug-likeness (QED) is 0.855. The molecule has 8 heteroatoms. The summed E-state index contributed by atoms with van der Waals surface area (Å²) in [6.07, 6.45) is 0. The molecule has 1 aliphatic rings. The first kappa shape index (κ1) is 18.1. The Kier molecular flexibility index (Phi) is 4.78. The molecule has 26 heavy (non-hydrogen) atoms. The van der Waals surface area contributed by atoms with Gasteiger partial charge < -0.3 is 5.32 Å². The van der Waals surface area contributed by atoms with E-state index in [2.05, 4.69) is 15.0 Å². The van der Waals surface area contributed by atoms with Gasteiger partial charge in [-0.25, -0.2) is 12.8 Å². The second kappa shape index (κ2) is 6.87. The highest BCUT2D eigenvalue weighted by Gasteiger charge is 2.31. The molecule has 0 fully saturated rings. The number of aryl methyl sites for hydroxylation is 1. The Balaban J connectivity index is 1.71. The first-order valence-electron chi connectivity index (χ1n) is 8.01. The van der Waals surface area contributed by atoms with Gasteiger partial charge in [0.1, 0.15) is 17.7 Å². The average Bonchev–Trinajstić information content (AvgIpc) is 2.86. The zero-order valence-electron chi connectivity index (χ0n) is 14.3. The van der Waals surface area contributed by atoms with E-state index in [0.717, 1.165) is 0 Å². The molecule has 0 unspecified atom stereocenters. The van der Waals surface area contributed by atoms with Crippen LogP contribution in [0.5, 0.6) is 0 Å². The molecular formula is C18H18FN3O3S. The van der Waals surface area contributed by atoms with Gasteiger partial charge in [-0.3, -0.25) is 14.5 Å². The third kappa shape index (κ3) is 3.60. The number of aliphatic imine (C=N–C) groups is 1. The molecule has 0 saturated carbocycles. The Morgan fingerprint density at radius 1 is 1.27 bits per heavy atom.